The Balaban J connectivity index is 1.62. The van der Waals surface area contributed by atoms with Gasteiger partial charge in [0.05, 0.1) is 17.1 Å². The number of carbonyl (C=O) groups is 1. The lowest BCUT2D eigenvalue weighted by Crippen LogP contribution is -2.41. The minimum absolute atomic E-state index is 0.121. The number of rotatable bonds is 11. The third-order valence-corrected chi connectivity index (χ3v) is 7.20. The number of hydrogen-bond acceptors (Lipinski definition) is 4. The van der Waals surface area contributed by atoms with Gasteiger partial charge in [-0.25, -0.2) is 8.42 Å². The number of carbonyl (C=O) groups excluding carboxylic acids is 1. The molecule has 0 bridgehead atoms. The highest BCUT2D eigenvalue weighted by Crippen LogP contribution is 2.25. The van der Waals surface area contributed by atoms with Gasteiger partial charge in [0.15, 0.2) is 0 Å². The van der Waals surface area contributed by atoms with Gasteiger partial charge in [-0.3, -0.25) is 9.10 Å². The molecule has 1 N–H and O–H groups in total. The molecule has 3 rings (SSSR count). The Bertz CT molecular complexity index is 1140. The van der Waals surface area contributed by atoms with E-state index in [9.17, 15) is 13.2 Å². The van der Waals surface area contributed by atoms with Crippen molar-refractivity contribution in [2.45, 2.75) is 24.7 Å². The van der Waals surface area contributed by atoms with Crippen molar-refractivity contribution < 1.29 is 17.9 Å². The SMILES string of the molecule is CCCc1ccc(OCCNC(=O)CN(c2ccc(Br)cc2)S(=O)(=O)c2ccccc2)cc1. The molecule has 0 unspecified atom stereocenters. The molecule has 33 heavy (non-hydrogen) atoms. The summed E-state index contributed by atoms with van der Waals surface area (Å²) in [7, 11) is -3.92. The molecule has 174 valence electrons. The van der Waals surface area contributed by atoms with Crippen molar-refractivity contribution in [1.29, 1.82) is 0 Å². The Kier molecular flexibility index (Phi) is 8.91. The van der Waals surface area contributed by atoms with Crippen molar-refractivity contribution in [2.75, 3.05) is 24.0 Å². The predicted molar refractivity (Wildman–Crippen MR) is 134 cm³/mol. The van der Waals surface area contributed by atoms with E-state index in [1.807, 2.05) is 24.3 Å². The summed E-state index contributed by atoms with van der Waals surface area (Å²) in [6, 6.07) is 22.7. The van der Waals surface area contributed by atoms with Gasteiger partial charge < -0.3 is 10.1 Å². The number of amides is 1. The molecule has 3 aromatic carbocycles. The van der Waals surface area contributed by atoms with E-state index in [0.29, 0.717) is 5.69 Å². The molecule has 0 fully saturated rings. The molecule has 0 aromatic heterocycles. The average molecular weight is 531 g/mol. The minimum atomic E-state index is -3.92. The molecule has 0 spiro atoms. The zero-order valence-electron chi connectivity index (χ0n) is 18.4. The number of halogens is 1. The molecule has 0 heterocycles. The van der Waals surface area contributed by atoms with Crippen LogP contribution in [0.1, 0.15) is 18.9 Å². The molecule has 0 radical (unpaired) electrons. The van der Waals surface area contributed by atoms with Gasteiger partial charge in [-0.15, -0.1) is 0 Å². The van der Waals surface area contributed by atoms with E-state index in [0.717, 1.165) is 27.4 Å². The fraction of sp³-hybridized carbons (Fsp3) is 0.240. The summed E-state index contributed by atoms with van der Waals surface area (Å²) < 4.78 is 34.1. The number of nitrogens with one attached hydrogen (secondary N) is 1. The standard InChI is InChI=1S/C25H27BrN2O4S/c1-2-6-20-9-15-23(16-10-20)32-18-17-27-25(29)19-28(22-13-11-21(26)12-14-22)33(30,31)24-7-4-3-5-8-24/h3-5,7-16H,2,6,17-19H2,1H3,(H,27,29). The summed E-state index contributed by atoms with van der Waals surface area (Å²) in [5.41, 5.74) is 1.66. The Morgan fingerprint density at radius 1 is 0.970 bits per heavy atom. The molecular formula is C25H27BrN2O4S. The van der Waals surface area contributed by atoms with Crippen LogP contribution in [0, 0.1) is 0 Å². The van der Waals surface area contributed by atoms with Crippen LogP contribution in [0.25, 0.3) is 0 Å². The molecule has 6 nitrogen and oxygen atoms in total. The molecular weight excluding hydrogens is 504 g/mol. The van der Waals surface area contributed by atoms with Crippen molar-refractivity contribution >= 4 is 37.5 Å². The maximum absolute atomic E-state index is 13.3. The highest BCUT2D eigenvalue weighted by atomic mass is 79.9. The lowest BCUT2D eigenvalue weighted by atomic mass is 10.1. The number of anilines is 1. The normalized spacial score (nSPS) is 11.1. The average Bonchev–Trinajstić information content (AvgIpc) is 2.83. The van der Waals surface area contributed by atoms with Crippen LogP contribution >= 0.6 is 15.9 Å². The van der Waals surface area contributed by atoms with Crippen LogP contribution in [0.5, 0.6) is 5.75 Å². The summed E-state index contributed by atoms with van der Waals surface area (Å²) in [6.07, 6.45) is 2.11. The zero-order chi connectivity index (χ0) is 23.7. The van der Waals surface area contributed by atoms with Crippen LogP contribution < -0.4 is 14.4 Å². The van der Waals surface area contributed by atoms with Crippen LogP contribution in [0.3, 0.4) is 0 Å². The van der Waals surface area contributed by atoms with Crippen LogP contribution in [-0.4, -0.2) is 34.0 Å². The fourth-order valence-corrected chi connectivity index (χ4v) is 4.94. The zero-order valence-corrected chi connectivity index (χ0v) is 20.8. The lowest BCUT2D eigenvalue weighted by molar-refractivity contribution is -0.119. The number of hydrogen-bond donors (Lipinski definition) is 1. The van der Waals surface area contributed by atoms with Gasteiger partial charge in [-0.1, -0.05) is 59.6 Å². The first kappa shape index (κ1) is 24.8. The molecule has 0 aliphatic rings. The topological polar surface area (TPSA) is 75.7 Å². The summed E-state index contributed by atoms with van der Waals surface area (Å²) in [5.74, 6) is 0.312. The second-order valence-electron chi connectivity index (χ2n) is 7.39. The quantitative estimate of drug-likeness (QED) is 0.361. The first-order chi connectivity index (χ1) is 15.9. The van der Waals surface area contributed by atoms with Gasteiger partial charge in [0.2, 0.25) is 5.91 Å². The Labute approximate surface area is 203 Å². The van der Waals surface area contributed by atoms with Crippen LogP contribution in [0.4, 0.5) is 5.69 Å². The molecule has 3 aromatic rings. The summed E-state index contributed by atoms with van der Waals surface area (Å²) in [5, 5.41) is 2.74. The number of nitrogens with zero attached hydrogens (tertiary/aromatic N) is 1. The van der Waals surface area contributed by atoms with E-state index in [-0.39, 0.29) is 24.6 Å². The molecule has 0 saturated heterocycles. The van der Waals surface area contributed by atoms with Crippen LogP contribution in [0.15, 0.2) is 88.2 Å². The van der Waals surface area contributed by atoms with Gasteiger partial charge in [0, 0.05) is 4.47 Å². The summed E-state index contributed by atoms with van der Waals surface area (Å²) in [4.78, 5) is 12.7. The predicted octanol–water partition coefficient (Wildman–Crippen LogP) is 4.79. The highest BCUT2D eigenvalue weighted by Gasteiger charge is 2.27. The smallest absolute Gasteiger partial charge is 0.264 e. The molecule has 0 saturated carbocycles. The van der Waals surface area contributed by atoms with Crippen molar-refractivity contribution in [2.24, 2.45) is 0 Å². The van der Waals surface area contributed by atoms with Gasteiger partial charge in [0.25, 0.3) is 10.0 Å². The van der Waals surface area contributed by atoms with E-state index >= 15 is 0 Å². The van der Waals surface area contributed by atoms with Gasteiger partial charge in [-0.2, -0.15) is 0 Å². The summed E-state index contributed by atoms with van der Waals surface area (Å²) >= 11 is 3.35. The Hall–Kier alpha value is -2.84. The first-order valence-electron chi connectivity index (χ1n) is 10.7. The number of ether oxygens (including phenoxy) is 1. The minimum Gasteiger partial charge on any atom is -0.492 e. The molecule has 1 amide bonds. The monoisotopic (exact) mass is 530 g/mol. The largest absolute Gasteiger partial charge is 0.492 e. The fourth-order valence-electron chi connectivity index (χ4n) is 3.23. The molecule has 8 heteroatoms. The van der Waals surface area contributed by atoms with Crippen molar-refractivity contribution in [3.8, 4) is 5.75 Å². The van der Waals surface area contributed by atoms with Crippen molar-refractivity contribution in [1.82, 2.24) is 5.32 Å². The maximum Gasteiger partial charge on any atom is 0.264 e. The van der Waals surface area contributed by atoms with Crippen LogP contribution in [-0.2, 0) is 21.2 Å². The summed E-state index contributed by atoms with van der Waals surface area (Å²) in [6.45, 7) is 2.33. The van der Waals surface area contributed by atoms with E-state index in [1.165, 1.54) is 17.7 Å². The molecule has 0 aliphatic heterocycles. The number of aryl methyl sites for hydroxylation is 1. The van der Waals surface area contributed by atoms with Gasteiger partial charge in [-0.05, 0) is 60.5 Å². The lowest BCUT2D eigenvalue weighted by Gasteiger charge is -2.24. The van der Waals surface area contributed by atoms with Crippen molar-refractivity contribution in [3.05, 3.63) is 88.9 Å². The number of benzene rings is 3. The first-order valence-corrected chi connectivity index (χ1v) is 13.0. The third-order valence-electron chi connectivity index (χ3n) is 4.89. The van der Waals surface area contributed by atoms with Crippen LogP contribution in [0.2, 0.25) is 0 Å². The molecule has 0 atom stereocenters. The second-order valence-corrected chi connectivity index (χ2v) is 10.2. The number of sulfonamides is 1. The highest BCUT2D eigenvalue weighted by molar-refractivity contribution is 9.10. The van der Waals surface area contributed by atoms with Gasteiger partial charge in [0.1, 0.15) is 18.9 Å². The van der Waals surface area contributed by atoms with E-state index < -0.39 is 15.9 Å². The second kappa shape index (κ2) is 11.9. The Morgan fingerprint density at radius 2 is 1.64 bits per heavy atom. The molecule has 0 aliphatic carbocycles. The van der Waals surface area contributed by atoms with E-state index in [2.05, 4.69) is 28.2 Å². The Morgan fingerprint density at radius 3 is 2.27 bits per heavy atom. The van der Waals surface area contributed by atoms with Gasteiger partial charge >= 0.3 is 0 Å². The maximum atomic E-state index is 13.3. The third kappa shape index (κ3) is 7.07. The van der Waals surface area contributed by atoms with Crippen molar-refractivity contribution in [3.63, 3.8) is 0 Å². The van der Waals surface area contributed by atoms with E-state index in [4.69, 9.17) is 4.74 Å². The van der Waals surface area contributed by atoms with E-state index in [1.54, 1.807) is 42.5 Å².